The molecule has 2 aromatic heterocycles. The number of aromatic amines is 1. The summed E-state index contributed by atoms with van der Waals surface area (Å²) in [4.78, 5) is 17.8. The average molecular weight is 331 g/mol. The molecule has 0 radical (unpaired) electrons. The van der Waals surface area contributed by atoms with Crippen molar-refractivity contribution in [3.63, 3.8) is 0 Å². The first-order valence-electron chi connectivity index (χ1n) is 6.71. The van der Waals surface area contributed by atoms with E-state index in [-0.39, 0.29) is 17.0 Å². The van der Waals surface area contributed by atoms with Gasteiger partial charge in [-0.3, -0.25) is 0 Å². The molecule has 7 nitrogen and oxygen atoms in total. The number of carboxylic acid groups (broad SMARTS) is 1. The molecule has 0 saturated heterocycles. The molecule has 0 fully saturated rings. The van der Waals surface area contributed by atoms with Gasteiger partial charge >= 0.3 is 5.97 Å². The summed E-state index contributed by atoms with van der Waals surface area (Å²) >= 11 is 0. The van der Waals surface area contributed by atoms with Gasteiger partial charge in [0.2, 0.25) is 10.0 Å². The monoisotopic (exact) mass is 331 g/mol. The minimum Gasteiger partial charge on any atom is -0.478 e. The Kier molecular flexibility index (Phi) is 3.85. The number of carboxylic acids is 1. The molecule has 0 spiro atoms. The Labute approximate surface area is 132 Å². The van der Waals surface area contributed by atoms with E-state index in [9.17, 15) is 13.2 Å². The number of pyridine rings is 1. The van der Waals surface area contributed by atoms with Crippen molar-refractivity contribution in [2.45, 2.75) is 11.4 Å². The van der Waals surface area contributed by atoms with Crippen molar-refractivity contribution in [3.8, 4) is 0 Å². The number of fused-ring (bicyclic) bond motifs is 1. The molecule has 0 aliphatic heterocycles. The van der Waals surface area contributed by atoms with E-state index in [2.05, 4.69) is 14.7 Å². The lowest BCUT2D eigenvalue weighted by atomic mass is 10.1. The summed E-state index contributed by atoms with van der Waals surface area (Å²) in [6.45, 7) is 0.0647. The molecule has 0 atom stereocenters. The standard InChI is InChI=1S/C15H13N3O4S/c19-15(20)11-5-3-10(4-6-11)8-18-23(21,22)13-9-17-14-12(13)2-1-7-16-14/h1-7,9,18H,8H2,(H,16,17)(H,19,20). The van der Waals surface area contributed by atoms with Gasteiger partial charge in [0.25, 0.3) is 0 Å². The number of hydrogen-bond donors (Lipinski definition) is 3. The van der Waals surface area contributed by atoms with Crippen molar-refractivity contribution in [2.75, 3.05) is 0 Å². The van der Waals surface area contributed by atoms with Gasteiger partial charge < -0.3 is 10.1 Å². The number of carbonyl (C=O) groups is 1. The van der Waals surface area contributed by atoms with Crippen molar-refractivity contribution >= 4 is 27.0 Å². The second kappa shape index (κ2) is 5.82. The number of benzene rings is 1. The quantitative estimate of drug-likeness (QED) is 0.659. The Hall–Kier alpha value is -2.71. The van der Waals surface area contributed by atoms with Gasteiger partial charge in [0.05, 0.1) is 5.56 Å². The van der Waals surface area contributed by atoms with Crippen LogP contribution in [0, 0.1) is 0 Å². The van der Waals surface area contributed by atoms with Gasteiger partial charge in [-0.2, -0.15) is 0 Å². The summed E-state index contributed by atoms with van der Waals surface area (Å²) in [5.74, 6) is -1.02. The predicted octanol–water partition coefficient (Wildman–Crippen LogP) is 1.74. The Morgan fingerprint density at radius 1 is 1.22 bits per heavy atom. The largest absolute Gasteiger partial charge is 0.478 e. The zero-order valence-corrected chi connectivity index (χ0v) is 12.7. The van der Waals surface area contributed by atoms with Crippen LogP contribution in [0.2, 0.25) is 0 Å². The maximum absolute atomic E-state index is 12.4. The van der Waals surface area contributed by atoms with Gasteiger partial charge in [0, 0.05) is 24.3 Å². The first-order chi connectivity index (χ1) is 11.0. The lowest BCUT2D eigenvalue weighted by Gasteiger charge is -2.06. The number of aromatic nitrogens is 2. The summed E-state index contributed by atoms with van der Waals surface area (Å²) in [6, 6.07) is 9.35. The number of aromatic carboxylic acids is 1. The Morgan fingerprint density at radius 3 is 2.65 bits per heavy atom. The molecule has 0 unspecified atom stereocenters. The highest BCUT2D eigenvalue weighted by Crippen LogP contribution is 2.20. The van der Waals surface area contributed by atoms with Crippen molar-refractivity contribution in [1.29, 1.82) is 0 Å². The lowest BCUT2D eigenvalue weighted by Crippen LogP contribution is -2.23. The number of nitrogens with zero attached hydrogens (tertiary/aromatic N) is 1. The molecule has 3 rings (SSSR count). The molecule has 0 bridgehead atoms. The minimum absolute atomic E-state index is 0.0647. The average Bonchev–Trinajstić information content (AvgIpc) is 2.98. The third-order valence-corrected chi connectivity index (χ3v) is 4.81. The Morgan fingerprint density at radius 2 is 1.96 bits per heavy atom. The van der Waals surface area contributed by atoms with Crippen LogP contribution in [0.5, 0.6) is 0 Å². The van der Waals surface area contributed by atoms with Crippen LogP contribution in [-0.4, -0.2) is 29.5 Å². The van der Waals surface area contributed by atoms with Crippen LogP contribution in [0.3, 0.4) is 0 Å². The highest BCUT2D eigenvalue weighted by atomic mass is 32.2. The highest BCUT2D eigenvalue weighted by molar-refractivity contribution is 7.89. The van der Waals surface area contributed by atoms with Crippen LogP contribution in [0.4, 0.5) is 0 Å². The molecular formula is C15H13N3O4S. The van der Waals surface area contributed by atoms with E-state index in [0.717, 1.165) is 0 Å². The SMILES string of the molecule is O=C(O)c1ccc(CNS(=O)(=O)c2c[nH]c3ncccc23)cc1. The molecular weight excluding hydrogens is 318 g/mol. The van der Waals surface area contributed by atoms with E-state index in [0.29, 0.717) is 16.6 Å². The number of rotatable bonds is 5. The molecule has 0 amide bonds. The first-order valence-corrected chi connectivity index (χ1v) is 8.20. The normalized spacial score (nSPS) is 11.7. The van der Waals surface area contributed by atoms with Gasteiger partial charge in [-0.05, 0) is 29.8 Å². The maximum Gasteiger partial charge on any atom is 0.335 e. The molecule has 0 saturated carbocycles. The molecule has 0 aliphatic rings. The van der Waals surface area contributed by atoms with E-state index in [1.807, 2.05) is 0 Å². The minimum atomic E-state index is -3.71. The van der Waals surface area contributed by atoms with Crippen LogP contribution < -0.4 is 4.72 Å². The van der Waals surface area contributed by atoms with Crippen LogP contribution in [0.15, 0.2) is 53.7 Å². The van der Waals surface area contributed by atoms with Gasteiger partial charge in [0.1, 0.15) is 10.5 Å². The zero-order chi connectivity index (χ0) is 16.4. The van der Waals surface area contributed by atoms with Crippen LogP contribution in [0.25, 0.3) is 11.0 Å². The fourth-order valence-electron chi connectivity index (χ4n) is 2.17. The van der Waals surface area contributed by atoms with Crippen molar-refractivity contribution in [2.24, 2.45) is 0 Å². The van der Waals surface area contributed by atoms with Gasteiger partial charge in [-0.15, -0.1) is 0 Å². The number of H-pyrrole nitrogens is 1. The number of hydrogen-bond acceptors (Lipinski definition) is 4. The predicted molar refractivity (Wildman–Crippen MR) is 83.5 cm³/mol. The lowest BCUT2D eigenvalue weighted by molar-refractivity contribution is 0.0697. The van der Waals surface area contributed by atoms with E-state index in [4.69, 9.17) is 5.11 Å². The van der Waals surface area contributed by atoms with Crippen molar-refractivity contribution in [3.05, 3.63) is 59.9 Å². The maximum atomic E-state index is 12.4. The molecule has 8 heteroatoms. The summed E-state index contributed by atoms with van der Waals surface area (Å²) in [6.07, 6.45) is 2.97. The van der Waals surface area contributed by atoms with Gasteiger partial charge in [0.15, 0.2) is 0 Å². The van der Waals surface area contributed by atoms with E-state index in [1.165, 1.54) is 18.3 Å². The van der Waals surface area contributed by atoms with E-state index in [1.54, 1.807) is 30.5 Å². The second-order valence-corrected chi connectivity index (χ2v) is 6.61. The molecule has 2 heterocycles. The summed E-state index contributed by atoms with van der Waals surface area (Å²) in [5, 5.41) is 9.35. The third kappa shape index (κ3) is 3.08. The van der Waals surface area contributed by atoms with Crippen LogP contribution >= 0.6 is 0 Å². The van der Waals surface area contributed by atoms with Crippen LogP contribution in [-0.2, 0) is 16.6 Å². The number of sulfonamides is 1. The van der Waals surface area contributed by atoms with Gasteiger partial charge in [-0.1, -0.05) is 12.1 Å². The third-order valence-electron chi connectivity index (χ3n) is 3.37. The molecule has 3 aromatic rings. The first kappa shape index (κ1) is 15.2. The fourth-order valence-corrected chi connectivity index (χ4v) is 3.35. The van der Waals surface area contributed by atoms with E-state index >= 15 is 0 Å². The Balaban J connectivity index is 1.80. The topological polar surface area (TPSA) is 112 Å². The molecule has 0 aliphatic carbocycles. The molecule has 1 aromatic carbocycles. The van der Waals surface area contributed by atoms with Gasteiger partial charge in [-0.25, -0.2) is 22.9 Å². The molecule has 23 heavy (non-hydrogen) atoms. The molecule has 3 N–H and O–H groups in total. The van der Waals surface area contributed by atoms with E-state index < -0.39 is 16.0 Å². The summed E-state index contributed by atoms with van der Waals surface area (Å²) in [5.41, 5.74) is 1.31. The highest BCUT2D eigenvalue weighted by Gasteiger charge is 2.19. The fraction of sp³-hybridized carbons (Fsp3) is 0.0667. The second-order valence-electron chi connectivity index (χ2n) is 4.88. The summed E-state index contributed by atoms with van der Waals surface area (Å²) in [7, 11) is -3.71. The smallest absolute Gasteiger partial charge is 0.335 e. The number of nitrogens with one attached hydrogen (secondary N) is 2. The Bertz CT molecular complexity index is 962. The zero-order valence-electron chi connectivity index (χ0n) is 11.9. The molecule has 118 valence electrons. The van der Waals surface area contributed by atoms with Crippen LogP contribution in [0.1, 0.15) is 15.9 Å². The van der Waals surface area contributed by atoms with Crippen molar-refractivity contribution in [1.82, 2.24) is 14.7 Å². The van der Waals surface area contributed by atoms with Crippen molar-refractivity contribution < 1.29 is 18.3 Å². The summed E-state index contributed by atoms with van der Waals surface area (Å²) < 4.78 is 27.3.